The van der Waals surface area contributed by atoms with Crippen LogP contribution in [0.1, 0.15) is 30.5 Å². The molecule has 1 saturated heterocycles. The Bertz CT molecular complexity index is 823. The Morgan fingerprint density at radius 1 is 1.29 bits per heavy atom. The van der Waals surface area contributed by atoms with Gasteiger partial charge in [-0.15, -0.1) is 0 Å². The van der Waals surface area contributed by atoms with E-state index >= 15 is 0 Å². The van der Waals surface area contributed by atoms with Gasteiger partial charge in [-0.25, -0.2) is 0 Å². The average molecular weight is 340 g/mol. The number of aryl methyl sites for hydroxylation is 1. The summed E-state index contributed by atoms with van der Waals surface area (Å²) >= 11 is 5.68. The number of thiocarbonyl (C=S) groups is 1. The van der Waals surface area contributed by atoms with Gasteiger partial charge in [-0.1, -0.05) is 29.8 Å². The predicted molar refractivity (Wildman–Crippen MR) is 98.8 cm³/mol. The van der Waals surface area contributed by atoms with E-state index in [9.17, 15) is 0 Å². The molecule has 0 aliphatic carbocycles. The molecule has 2 atom stereocenters. The first-order valence-electron chi connectivity index (χ1n) is 8.05. The minimum Gasteiger partial charge on any atom is -0.495 e. The fourth-order valence-corrected chi connectivity index (χ4v) is 4.11. The minimum atomic E-state index is -0.552. The van der Waals surface area contributed by atoms with Crippen molar-refractivity contribution in [3.05, 3.63) is 53.6 Å². The Balaban J connectivity index is 1.82. The molecule has 0 radical (unpaired) electrons. The number of anilines is 1. The largest absolute Gasteiger partial charge is 0.495 e. The van der Waals surface area contributed by atoms with E-state index in [1.54, 1.807) is 7.11 Å². The minimum absolute atomic E-state index is 0.164. The number of ether oxygens (including phenoxy) is 2. The molecule has 124 valence electrons. The molecular formula is C19H20N2O2S. The summed E-state index contributed by atoms with van der Waals surface area (Å²) in [5, 5.41) is 4.14. The zero-order valence-corrected chi connectivity index (χ0v) is 14.8. The van der Waals surface area contributed by atoms with Gasteiger partial charge in [0, 0.05) is 12.0 Å². The zero-order valence-electron chi connectivity index (χ0n) is 14.0. The summed E-state index contributed by atoms with van der Waals surface area (Å²) in [6.45, 7) is 4.18. The lowest BCUT2D eigenvalue weighted by molar-refractivity contribution is 0.0493. The van der Waals surface area contributed by atoms with Crippen LogP contribution in [0.3, 0.4) is 0 Å². The lowest BCUT2D eigenvalue weighted by Gasteiger charge is -2.52. The molecule has 2 bridgehead atoms. The number of rotatable bonds is 2. The third kappa shape index (κ3) is 2.23. The van der Waals surface area contributed by atoms with Gasteiger partial charge in [-0.2, -0.15) is 0 Å². The molecule has 2 aromatic rings. The van der Waals surface area contributed by atoms with Crippen LogP contribution in [0, 0.1) is 6.92 Å². The topological polar surface area (TPSA) is 33.7 Å². The van der Waals surface area contributed by atoms with Crippen LogP contribution in [0.4, 0.5) is 5.69 Å². The molecule has 4 nitrogen and oxygen atoms in total. The van der Waals surface area contributed by atoms with E-state index in [4.69, 9.17) is 21.7 Å². The van der Waals surface area contributed by atoms with Crippen molar-refractivity contribution >= 4 is 23.0 Å². The maximum Gasteiger partial charge on any atom is 0.188 e. The second-order valence-electron chi connectivity index (χ2n) is 6.53. The summed E-state index contributed by atoms with van der Waals surface area (Å²) in [5.74, 6) is 1.69. The van der Waals surface area contributed by atoms with Gasteiger partial charge < -0.3 is 14.8 Å². The maximum absolute atomic E-state index is 6.43. The molecule has 0 saturated carbocycles. The van der Waals surface area contributed by atoms with Crippen molar-refractivity contribution in [2.45, 2.75) is 32.0 Å². The van der Waals surface area contributed by atoms with E-state index in [0.717, 1.165) is 23.6 Å². The lowest BCUT2D eigenvalue weighted by atomic mass is 9.89. The molecule has 4 rings (SSSR count). The van der Waals surface area contributed by atoms with Crippen molar-refractivity contribution in [3.8, 4) is 11.5 Å². The van der Waals surface area contributed by atoms with Crippen LogP contribution in [0.15, 0.2) is 42.5 Å². The SMILES string of the molecule is COc1ccccc1N1C(=S)NC2CC1(C)Oc1ccc(C)cc12. The number of para-hydroxylation sites is 2. The summed E-state index contributed by atoms with van der Waals surface area (Å²) in [7, 11) is 1.67. The number of methoxy groups -OCH3 is 1. The number of hydrogen-bond donors (Lipinski definition) is 1. The second kappa shape index (κ2) is 5.38. The van der Waals surface area contributed by atoms with Gasteiger partial charge in [0.05, 0.1) is 18.8 Å². The molecular weight excluding hydrogens is 320 g/mol. The van der Waals surface area contributed by atoms with E-state index in [-0.39, 0.29) is 6.04 Å². The van der Waals surface area contributed by atoms with Crippen LogP contribution >= 0.6 is 12.2 Å². The number of hydrogen-bond acceptors (Lipinski definition) is 3. The van der Waals surface area contributed by atoms with E-state index < -0.39 is 5.72 Å². The van der Waals surface area contributed by atoms with Gasteiger partial charge >= 0.3 is 0 Å². The van der Waals surface area contributed by atoms with Crippen LogP contribution in [0.25, 0.3) is 0 Å². The van der Waals surface area contributed by atoms with E-state index in [2.05, 4.69) is 31.3 Å². The van der Waals surface area contributed by atoms with Crippen LogP contribution < -0.4 is 19.7 Å². The standard InChI is InChI=1S/C19H20N2O2S/c1-12-8-9-16-13(10-12)14-11-19(2,23-16)21(18(24)20-14)15-6-4-5-7-17(15)22-3/h4-10,14H,11H2,1-3H3,(H,20,24). The van der Waals surface area contributed by atoms with Gasteiger partial charge in [0.15, 0.2) is 10.8 Å². The Labute approximate surface area is 147 Å². The van der Waals surface area contributed by atoms with Gasteiger partial charge in [0.2, 0.25) is 0 Å². The van der Waals surface area contributed by atoms with Gasteiger partial charge in [0.1, 0.15) is 11.5 Å². The van der Waals surface area contributed by atoms with Crippen LogP contribution in [-0.4, -0.2) is 17.9 Å². The third-order valence-electron chi connectivity index (χ3n) is 4.75. The first kappa shape index (κ1) is 15.3. The number of benzene rings is 2. The smallest absolute Gasteiger partial charge is 0.188 e. The van der Waals surface area contributed by atoms with Gasteiger partial charge in [-0.05, 0) is 44.3 Å². The summed E-state index contributed by atoms with van der Waals surface area (Å²) in [6, 6.07) is 14.3. The molecule has 0 spiro atoms. The molecule has 0 aromatic heterocycles. The van der Waals surface area contributed by atoms with Crippen molar-refractivity contribution in [1.82, 2.24) is 5.32 Å². The highest BCUT2D eigenvalue weighted by molar-refractivity contribution is 7.80. The first-order valence-corrected chi connectivity index (χ1v) is 8.46. The van der Waals surface area contributed by atoms with Gasteiger partial charge in [0.25, 0.3) is 0 Å². The highest BCUT2D eigenvalue weighted by Gasteiger charge is 2.48. The van der Waals surface area contributed by atoms with E-state index in [0.29, 0.717) is 5.11 Å². The second-order valence-corrected chi connectivity index (χ2v) is 6.92. The molecule has 0 amide bonds. The van der Waals surface area contributed by atoms with Crippen LogP contribution in [0.5, 0.6) is 11.5 Å². The third-order valence-corrected chi connectivity index (χ3v) is 5.05. The zero-order chi connectivity index (χ0) is 16.9. The molecule has 2 aliphatic rings. The number of fused-ring (bicyclic) bond motifs is 4. The van der Waals surface area contributed by atoms with Crippen LogP contribution in [0.2, 0.25) is 0 Å². The fourth-order valence-electron chi connectivity index (χ4n) is 3.67. The first-order chi connectivity index (χ1) is 11.5. The molecule has 2 aliphatic heterocycles. The van der Waals surface area contributed by atoms with Crippen molar-refractivity contribution in [2.75, 3.05) is 12.0 Å². The summed E-state index contributed by atoms with van der Waals surface area (Å²) in [4.78, 5) is 2.03. The highest BCUT2D eigenvalue weighted by Crippen LogP contribution is 2.47. The number of nitrogens with one attached hydrogen (secondary N) is 1. The normalized spacial score (nSPS) is 24.7. The van der Waals surface area contributed by atoms with Crippen molar-refractivity contribution in [2.24, 2.45) is 0 Å². The Kier molecular flexibility index (Phi) is 3.42. The quantitative estimate of drug-likeness (QED) is 0.838. The Morgan fingerprint density at radius 3 is 2.88 bits per heavy atom. The molecule has 2 heterocycles. The maximum atomic E-state index is 6.43. The van der Waals surface area contributed by atoms with E-state index in [1.807, 2.05) is 35.2 Å². The lowest BCUT2D eigenvalue weighted by Crippen LogP contribution is -2.65. The molecule has 2 unspecified atom stereocenters. The molecule has 1 N–H and O–H groups in total. The summed E-state index contributed by atoms with van der Waals surface area (Å²) < 4.78 is 12.0. The van der Waals surface area contributed by atoms with Gasteiger partial charge in [-0.3, -0.25) is 4.90 Å². The molecule has 2 aromatic carbocycles. The van der Waals surface area contributed by atoms with Crippen molar-refractivity contribution in [1.29, 1.82) is 0 Å². The summed E-state index contributed by atoms with van der Waals surface area (Å²) in [6.07, 6.45) is 0.807. The van der Waals surface area contributed by atoms with E-state index in [1.165, 1.54) is 11.1 Å². The molecule has 24 heavy (non-hydrogen) atoms. The Morgan fingerprint density at radius 2 is 2.08 bits per heavy atom. The Hall–Kier alpha value is -2.27. The van der Waals surface area contributed by atoms with Crippen LogP contribution in [-0.2, 0) is 0 Å². The number of nitrogens with zero attached hydrogens (tertiary/aromatic N) is 1. The predicted octanol–water partition coefficient (Wildman–Crippen LogP) is 3.94. The monoisotopic (exact) mass is 340 g/mol. The average Bonchev–Trinajstić information content (AvgIpc) is 2.55. The fraction of sp³-hybridized carbons (Fsp3) is 0.316. The summed E-state index contributed by atoms with van der Waals surface area (Å²) in [5.41, 5.74) is 2.76. The molecule has 5 heteroatoms. The highest BCUT2D eigenvalue weighted by atomic mass is 32.1. The van der Waals surface area contributed by atoms with Crippen molar-refractivity contribution < 1.29 is 9.47 Å². The molecule has 1 fully saturated rings. The van der Waals surface area contributed by atoms with Crippen molar-refractivity contribution in [3.63, 3.8) is 0 Å².